The Hall–Kier alpha value is -5.24. The van der Waals surface area contributed by atoms with E-state index < -0.39 is 10.8 Å². The average Bonchev–Trinajstić information content (AvgIpc) is 3.70. The second-order valence-electron chi connectivity index (χ2n) is 18.9. The van der Waals surface area contributed by atoms with Crippen molar-refractivity contribution in [3.05, 3.63) is 115 Å². The Balaban J connectivity index is 0.000000214. The molecule has 0 heterocycles. The lowest BCUT2D eigenvalue weighted by molar-refractivity contribution is 0.110. The Morgan fingerprint density at radius 3 is 0.914 bits per heavy atom. The summed E-state index contributed by atoms with van der Waals surface area (Å²) in [6, 6.07) is 14.9. The Kier molecular flexibility index (Phi) is 10.8. The Labute approximate surface area is 344 Å². The number of hydrogen-bond donors (Lipinski definition) is 2. The molecule has 8 heteroatoms. The third kappa shape index (κ3) is 5.84. The molecule has 4 aromatic carbocycles. The number of methoxy groups -OCH3 is 2. The van der Waals surface area contributed by atoms with Gasteiger partial charge < -0.3 is 19.7 Å². The molecule has 0 aliphatic heterocycles. The maximum atomic E-state index is 12.3. The van der Waals surface area contributed by atoms with E-state index in [1.165, 1.54) is 0 Å². The summed E-state index contributed by atoms with van der Waals surface area (Å²) in [5.41, 5.74) is 8.00. The van der Waals surface area contributed by atoms with E-state index in [0.29, 0.717) is 59.2 Å². The van der Waals surface area contributed by atoms with Gasteiger partial charge >= 0.3 is 0 Å². The summed E-state index contributed by atoms with van der Waals surface area (Å²) in [5.74, 6) is 1.08. The number of aromatic hydroxyl groups is 2. The molecule has 2 spiro atoms. The molecule has 4 aliphatic rings. The van der Waals surface area contributed by atoms with E-state index >= 15 is 0 Å². The first-order valence-corrected chi connectivity index (χ1v) is 19.2. The minimum atomic E-state index is -0.596. The predicted octanol–water partition coefficient (Wildman–Crippen LogP) is 10.6. The smallest absolute Gasteiger partial charge is 0.154 e. The van der Waals surface area contributed by atoms with Crippen molar-refractivity contribution < 1.29 is 38.9 Å². The van der Waals surface area contributed by atoms with Gasteiger partial charge in [-0.05, 0) is 116 Å². The van der Waals surface area contributed by atoms with Crippen LogP contribution in [0.2, 0.25) is 0 Å². The van der Waals surface area contributed by atoms with Crippen LogP contribution >= 0.6 is 0 Å². The first-order chi connectivity index (χ1) is 26.3. The molecule has 2 N–H and O–H groups in total. The van der Waals surface area contributed by atoms with Crippen LogP contribution in [0, 0.1) is 0 Å². The summed E-state index contributed by atoms with van der Waals surface area (Å²) < 4.78 is 11.1. The zero-order valence-electron chi connectivity index (χ0n) is 34.1. The third-order valence-electron chi connectivity index (χ3n) is 13.6. The van der Waals surface area contributed by atoms with Gasteiger partial charge in [0.05, 0.1) is 36.5 Å². The van der Waals surface area contributed by atoms with E-state index in [1.807, 2.05) is 24.3 Å². The van der Waals surface area contributed by atoms with Crippen LogP contribution in [0.4, 0.5) is 0 Å². The van der Waals surface area contributed by atoms with Gasteiger partial charge in [-0.2, -0.15) is 0 Å². The highest BCUT2D eigenvalue weighted by molar-refractivity contribution is 5.91. The van der Waals surface area contributed by atoms with Crippen molar-refractivity contribution in [2.24, 2.45) is 0 Å². The molecule has 308 valence electrons. The molecule has 0 radical (unpaired) electrons. The van der Waals surface area contributed by atoms with Crippen LogP contribution in [0.15, 0.2) is 48.5 Å². The minimum Gasteiger partial charge on any atom is -0.507 e. The molecule has 4 aromatic rings. The van der Waals surface area contributed by atoms with Crippen LogP contribution < -0.4 is 9.47 Å². The lowest BCUT2D eigenvalue weighted by Crippen LogP contribution is -2.28. The Morgan fingerprint density at radius 2 is 0.672 bits per heavy atom. The summed E-state index contributed by atoms with van der Waals surface area (Å²) in [5, 5.41) is 20.8. The van der Waals surface area contributed by atoms with Crippen LogP contribution in [0.3, 0.4) is 0 Å². The van der Waals surface area contributed by atoms with E-state index in [-0.39, 0.29) is 48.0 Å². The van der Waals surface area contributed by atoms with Crippen LogP contribution in [-0.4, -0.2) is 49.6 Å². The summed E-state index contributed by atoms with van der Waals surface area (Å²) >= 11 is 0. The van der Waals surface area contributed by atoms with Crippen LogP contribution in [0.25, 0.3) is 0 Å². The highest BCUT2D eigenvalue weighted by Gasteiger charge is 2.60. The summed E-state index contributed by atoms with van der Waals surface area (Å²) in [6.45, 7) is 17.4. The molecule has 0 saturated carbocycles. The van der Waals surface area contributed by atoms with Crippen LogP contribution in [0.5, 0.6) is 23.0 Å². The van der Waals surface area contributed by atoms with E-state index in [0.717, 1.165) is 69.9 Å². The van der Waals surface area contributed by atoms with Crippen molar-refractivity contribution in [2.45, 2.75) is 128 Å². The highest BCUT2D eigenvalue weighted by Crippen LogP contribution is 2.66. The maximum Gasteiger partial charge on any atom is 0.154 e. The van der Waals surface area contributed by atoms with Gasteiger partial charge in [0, 0.05) is 10.8 Å². The summed E-state index contributed by atoms with van der Waals surface area (Å²) in [6.07, 6.45) is 6.32. The number of aldehydes is 4. The Bertz CT molecular complexity index is 2190. The number of rotatable bonds is 6. The van der Waals surface area contributed by atoms with Gasteiger partial charge in [-0.1, -0.05) is 94.5 Å². The van der Waals surface area contributed by atoms with Crippen molar-refractivity contribution in [1.29, 1.82) is 0 Å². The van der Waals surface area contributed by atoms with Gasteiger partial charge in [0.15, 0.2) is 25.1 Å². The van der Waals surface area contributed by atoms with Gasteiger partial charge in [0.25, 0.3) is 0 Å². The molecule has 0 bridgehead atoms. The van der Waals surface area contributed by atoms with Gasteiger partial charge in [-0.25, -0.2) is 0 Å². The molecule has 0 amide bonds. The summed E-state index contributed by atoms with van der Waals surface area (Å²) in [4.78, 5) is 48.5. The molecule has 0 unspecified atom stereocenters. The van der Waals surface area contributed by atoms with E-state index in [1.54, 1.807) is 26.4 Å². The monoisotopic (exact) mass is 788 g/mol. The lowest BCUT2D eigenvalue weighted by Gasteiger charge is -2.32. The molecule has 8 rings (SSSR count). The number of benzene rings is 4. The number of carbonyl (C=O) groups excluding carboxylic acids is 4. The molecule has 4 aliphatic carbocycles. The normalized spacial score (nSPS) is 19.2. The highest BCUT2D eigenvalue weighted by atomic mass is 16.5. The number of phenolic OH excluding ortho intramolecular Hbond substituents is 2. The molecule has 0 atom stereocenters. The number of fused-ring (bicyclic) bond motifs is 8. The quantitative estimate of drug-likeness (QED) is 0.185. The van der Waals surface area contributed by atoms with E-state index in [2.05, 4.69) is 67.5 Å². The van der Waals surface area contributed by atoms with Gasteiger partial charge in [-0.15, -0.1) is 0 Å². The minimum absolute atomic E-state index is 0. The number of phenols is 2. The molecule has 58 heavy (non-hydrogen) atoms. The van der Waals surface area contributed by atoms with Gasteiger partial charge in [-0.3, -0.25) is 19.2 Å². The second-order valence-corrected chi connectivity index (χ2v) is 18.9. The SMILES string of the molecule is C.C.CC1(C)CC2(CC(C)(C)c3ccc(O)c(C=O)c32)c2c1ccc(O)c2C=O.COc1ccc2c(c1C=O)C1(CC2(C)C)CC(C)(C)c2ccc(OC)c(C=O)c21. The predicted molar refractivity (Wildman–Crippen MR) is 229 cm³/mol. The van der Waals surface area contributed by atoms with Crippen molar-refractivity contribution in [2.75, 3.05) is 14.2 Å². The lowest BCUT2D eigenvalue weighted by atomic mass is 9.70. The topological polar surface area (TPSA) is 127 Å². The zero-order chi connectivity index (χ0) is 41.0. The van der Waals surface area contributed by atoms with Crippen molar-refractivity contribution in [1.82, 2.24) is 0 Å². The van der Waals surface area contributed by atoms with E-state index in [9.17, 15) is 29.4 Å². The average molecular weight is 789 g/mol. The van der Waals surface area contributed by atoms with Crippen molar-refractivity contribution >= 4 is 25.1 Å². The van der Waals surface area contributed by atoms with Crippen molar-refractivity contribution in [3.8, 4) is 23.0 Å². The van der Waals surface area contributed by atoms with Crippen LogP contribution in [-0.2, 0) is 32.5 Å². The Morgan fingerprint density at radius 1 is 0.431 bits per heavy atom. The number of hydrogen-bond acceptors (Lipinski definition) is 8. The largest absolute Gasteiger partial charge is 0.507 e. The van der Waals surface area contributed by atoms with Crippen molar-refractivity contribution in [3.63, 3.8) is 0 Å². The first-order valence-electron chi connectivity index (χ1n) is 19.2. The molecule has 0 fully saturated rings. The maximum absolute atomic E-state index is 12.3. The summed E-state index contributed by atoms with van der Waals surface area (Å²) in [7, 11) is 3.18. The standard InChI is InChI=1S/C25H28O4.C23H24O4.2CH4/c1-23(2)13-25(21-15(11-26)19(28-5)9-7-17(21)23)14-24(3,4)18-8-10-20(29-6)16(12-27)22(18)25;1-21(2)11-23(19-13(9-24)17(26)7-5-15(19)21)12-22(3,4)16-6-8-18(27)14(10-25)20(16)23;;/h7-12H,13-14H2,1-6H3;5-10,26-27H,11-12H2,1-4H3;2*1H4. The fraction of sp³-hybridized carbons (Fsp3) is 0.440. The molecular formula is C50H60O8. The number of ether oxygens (including phenoxy) is 2. The first kappa shape index (κ1) is 43.9. The molecular weight excluding hydrogens is 729 g/mol. The molecule has 8 nitrogen and oxygen atoms in total. The molecule has 0 saturated heterocycles. The van der Waals surface area contributed by atoms with Gasteiger partial charge in [0.2, 0.25) is 0 Å². The zero-order valence-corrected chi connectivity index (χ0v) is 34.1. The van der Waals surface area contributed by atoms with E-state index in [4.69, 9.17) is 9.47 Å². The second kappa shape index (κ2) is 14.2. The third-order valence-corrected chi connectivity index (χ3v) is 13.6. The molecule has 0 aromatic heterocycles. The fourth-order valence-electron chi connectivity index (χ4n) is 12.0. The number of carbonyl (C=O) groups is 4. The van der Waals surface area contributed by atoms with Crippen LogP contribution in [0.1, 0.15) is 182 Å². The van der Waals surface area contributed by atoms with Gasteiger partial charge in [0.1, 0.15) is 23.0 Å². The fourth-order valence-corrected chi connectivity index (χ4v) is 12.0.